The van der Waals surface area contributed by atoms with Crippen molar-refractivity contribution in [2.24, 2.45) is 0 Å². The lowest BCUT2D eigenvalue weighted by molar-refractivity contribution is -0.127. The minimum atomic E-state index is -0.0320. The molecule has 5 nitrogen and oxygen atoms in total. The highest BCUT2D eigenvalue weighted by atomic mass is 35.5. The van der Waals surface area contributed by atoms with E-state index < -0.39 is 0 Å². The van der Waals surface area contributed by atoms with Crippen molar-refractivity contribution >= 4 is 29.1 Å². The molecule has 0 spiro atoms. The van der Waals surface area contributed by atoms with Crippen LogP contribution in [0.15, 0.2) is 22.7 Å². The molecule has 2 heterocycles. The molecule has 0 radical (unpaired) electrons. The lowest BCUT2D eigenvalue weighted by atomic mass is 10.1. The summed E-state index contributed by atoms with van der Waals surface area (Å²) in [5.41, 5.74) is 0.774. The van der Waals surface area contributed by atoms with Gasteiger partial charge in [-0.25, -0.2) is 0 Å². The van der Waals surface area contributed by atoms with Crippen LogP contribution in [0.1, 0.15) is 36.5 Å². The van der Waals surface area contributed by atoms with E-state index in [9.17, 15) is 4.79 Å². The first kappa shape index (κ1) is 15.3. The molecule has 2 aromatic rings. The monoisotopic (exact) mass is 339 g/mol. The zero-order valence-corrected chi connectivity index (χ0v) is 13.6. The van der Waals surface area contributed by atoms with Crippen LogP contribution in [0, 0.1) is 0 Å². The van der Waals surface area contributed by atoms with Gasteiger partial charge in [0.2, 0.25) is 11.8 Å². The smallest absolute Gasteiger partial charge is 0.232 e. The molecule has 116 valence electrons. The second-order valence-electron chi connectivity index (χ2n) is 5.26. The first-order valence-corrected chi connectivity index (χ1v) is 7.87. The quantitative estimate of drug-likeness (QED) is 0.857. The highest BCUT2D eigenvalue weighted by Crippen LogP contribution is 2.29. The Morgan fingerprint density at radius 2 is 2.09 bits per heavy atom. The van der Waals surface area contributed by atoms with E-state index in [0.29, 0.717) is 47.7 Å². The van der Waals surface area contributed by atoms with Crippen LogP contribution in [0.5, 0.6) is 0 Å². The Bertz CT molecular complexity index is 682. The molecule has 0 N–H and O–H groups in total. The van der Waals surface area contributed by atoms with Crippen LogP contribution < -0.4 is 0 Å². The predicted octanol–water partition coefficient (Wildman–Crippen LogP) is 3.30. The normalized spacial score (nSPS) is 18.2. The zero-order valence-electron chi connectivity index (χ0n) is 12.1. The van der Waals surface area contributed by atoms with Gasteiger partial charge in [0, 0.05) is 36.0 Å². The Balaban J connectivity index is 1.76. The number of amides is 1. The third-order valence-electron chi connectivity index (χ3n) is 3.83. The number of aromatic nitrogens is 2. The van der Waals surface area contributed by atoms with Crippen molar-refractivity contribution < 1.29 is 9.32 Å². The maximum absolute atomic E-state index is 11.8. The van der Waals surface area contributed by atoms with Gasteiger partial charge in [-0.2, -0.15) is 4.98 Å². The van der Waals surface area contributed by atoms with Gasteiger partial charge in [-0.05, 0) is 24.6 Å². The summed E-state index contributed by atoms with van der Waals surface area (Å²) in [7, 11) is 0. The van der Waals surface area contributed by atoms with Crippen molar-refractivity contribution in [3.8, 4) is 0 Å². The minimum Gasteiger partial charge on any atom is -0.342 e. The summed E-state index contributed by atoms with van der Waals surface area (Å²) >= 11 is 12.3. The predicted molar refractivity (Wildman–Crippen MR) is 83.2 cm³/mol. The van der Waals surface area contributed by atoms with Gasteiger partial charge in [-0.3, -0.25) is 4.79 Å². The Morgan fingerprint density at radius 3 is 2.73 bits per heavy atom. The lowest BCUT2D eigenvalue weighted by Gasteiger charge is -2.11. The summed E-state index contributed by atoms with van der Waals surface area (Å²) in [4.78, 5) is 18.0. The third-order valence-corrected chi connectivity index (χ3v) is 4.53. The first-order valence-electron chi connectivity index (χ1n) is 7.11. The molecule has 22 heavy (non-hydrogen) atoms. The maximum Gasteiger partial charge on any atom is 0.232 e. The first-order chi connectivity index (χ1) is 10.6. The number of nitrogens with zero attached hydrogens (tertiary/aromatic N) is 3. The molecule has 1 saturated heterocycles. The van der Waals surface area contributed by atoms with Crippen LogP contribution in [0.25, 0.3) is 0 Å². The summed E-state index contributed by atoms with van der Waals surface area (Å²) in [5, 5.41) is 5.13. The van der Waals surface area contributed by atoms with Crippen molar-refractivity contribution in [3.05, 3.63) is 45.5 Å². The van der Waals surface area contributed by atoms with Gasteiger partial charge in [0.1, 0.15) is 0 Å². The number of carbonyl (C=O) groups is 1. The van der Waals surface area contributed by atoms with Gasteiger partial charge in [0.25, 0.3) is 0 Å². The molecule has 7 heteroatoms. The van der Waals surface area contributed by atoms with E-state index in [-0.39, 0.29) is 11.8 Å². The van der Waals surface area contributed by atoms with Crippen LogP contribution in [-0.4, -0.2) is 34.0 Å². The van der Waals surface area contributed by atoms with Crippen molar-refractivity contribution in [2.75, 3.05) is 13.1 Å². The van der Waals surface area contributed by atoms with Crippen molar-refractivity contribution in [1.82, 2.24) is 15.0 Å². The molecule has 1 aromatic heterocycles. The standard InChI is InChI=1S/C15H15Cl2N3O2/c1-2-20-8-9(6-14(20)21)15-18-13(19-22-15)7-10-11(16)4-3-5-12(10)17/h3-5,9H,2,6-8H2,1H3/t9-/m0/s1. The Hall–Kier alpha value is -1.59. The SMILES string of the molecule is CCN1C[C@@H](c2nc(Cc3c(Cl)cccc3Cl)no2)CC1=O. The highest BCUT2D eigenvalue weighted by molar-refractivity contribution is 6.36. The molecule has 1 atom stereocenters. The average Bonchev–Trinajstić information content (AvgIpc) is 3.09. The molecule has 0 saturated carbocycles. The molecule has 0 bridgehead atoms. The van der Waals surface area contributed by atoms with Crippen molar-refractivity contribution in [3.63, 3.8) is 0 Å². The number of halogens is 2. The fourth-order valence-corrected chi connectivity index (χ4v) is 3.14. The van der Waals surface area contributed by atoms with Gasteiger partial charge in [-0.15, -0.1) is 0 Å². The summed E-state index contributed by atoms with van der Waals surface area (Å²) in [6, 6.07) is 5.34. The van der Waals surface area contributed by atoms with E-state index in [0.717, 1.165) is 5.56 Å². The summed E-state index contributed by atoms with van der Waals surface area (Å²) in [5.74, 6) is 1.12. The minimum absolute atomic E-state index is 0.0320. The number of carbonyl (C=O) groups excluding carboxylic acids is 1. The fourth-order valence-electron chi connectivity index (χ4n) is 2.61. The topological polar surface area (TPSA) is 59.2 Å². The Labute approximate surface area is 138 Å². The molecule has 1 aromatic carbocycles. The van der Waals surface area contributed by atoms with E-state index in [4.69, 9.17) is 27.7 Å². The van der Waals surface area contributed by atoms with Crippen LogP contribution in [-0.2, 0) is 11.2 Å². The lowest BCUT2D eigenvalue weighted by Crippen LogP contribution is -2.24. The fraction of sp³-hybridized carbons (Fsp3) is 0.400. The van der Waals surface area contributed by atoms with Crippen LogP contribution in [0.3, 0.4) is 0 Å². The summed E-state index contributed by atoms with van der Waals surface area (Å²) in [6.45, 7) is 3.29. The van der Waals surface area contributed by atoms with E-state index in [1.807, 2.05) is 6.92 Å². The molecular formula is C15H15Cl2N3O2. The molecule has 0 unspecified atom stereocenters. The molecule has 1 amide bonds. The molecule has 1 aliphatic heterocycles. The number of hydrogen-bond donors (Lipinski definition) is 0. The average molecular weight is 340 g/mol. The molecule has 1 aliphatic rings. The number of benzene rings is 1. The van der Waals surface area contributed by atoms with Gasteiger partial charge < -0.3 is 9.42 Å². The van der Waals surface area contributed by atoms with Crippen molar-refractivity contribution in [1.29, 1.82) is 0 Å². The summed E-state index contributed by atoms with van der Waals surface area (Å²) < 4.78 is 5.32. The molecule has 0 aliphatic carbocycles. The third kappa shape index (κ3) is 2.96. The number of rotatable bonds is 4. The van der Waals surface area contributed by atoms with E-state index >= 15 is 0 Å². The molecule has 3 rings (SSSR count). The van der Waals surface area contributed by atoms with Crippen LogP contribution in [0.4, 0.5) is 0 Å². The van der Waals surface area contributed by atoms with Crippen LogP contribution >= 0.6 is 23.2 Å². The van der Waals surface area contributed by atoms with Gasteiger partial charge in [0.15, 0.2) is 5.82 Å². The summed E-state index contributed by atoms with van der Waals surface area (Å²) in [6.07, 6.45) is 0.822. The zero-order chi connectivity index (χ0) is 15.7. The van der Waals surface area contributed by atoms with Crippen molar-refractivity contribution in [2.45, 2.75) is 25.7 Å². The number of likely N-dealkylation sites (tertiary alicyclic amines) is 1. The number of likely N-dealkylation sites (N-methyl/N-ethyl adjacent to an activating group) is 1. The van der Waals surface area contributed by atoms with E-state index in [1.54, 1.807) is 23.1 Å². The molecular weight excluding hydrogens is 325 g/mol. The van der Waals surface area contributed by atoms with Gasteiger partial charge >= 0.3 is 0 Å². The second kappa shape index (κ2) is 6.26. The second-order valence-corrected chi connectivity index (χ2v) is 6.07. The number of hydrogen-bond acceptors (Lipinski definition) is 4. The van der Waals surface area contributed by atoms with E-state index in [2.05, 4.69) is 10.1 Å². The molecule has 1 fully saturated rings. The highest BCUT2D eigenvalue weighted by Gasteiger charge is 2.33. The van der Waals surface area contributed by atoms with Crippen LogP contribution in [0.2, 0.25) is 10.0 Å². The largest absolute Gasteiger partial charge is 0.342 e. The Morgan fingerprint density at radius 1 is 1.36 bits per heavy atom. The van der Waals surface area contributed by atoms with E-state index in [1.165, 1.54) is 0 Å². The van der Waals surface area contributed by atoms with Gasteiger partial charge in [-0.1, -0.05) is 34.4 Å². The van der Waals surface area contributed by atoms with Gasteiger partial charge in [0.05, 0.1) is 5.92 Å². The maximum atomic E-state index is 11.8. The Kier molecular flexibility index (Phi) is 4.36.